The number of nitrogens with zero attached hydrogens (tertiary/aromatic N) is 2. The number of aryl methyl sites for hydroxylation is 1. The van der Waals surface area contributed by atoms with Gasteiger partial charge in [-0.15, -0.1) is 0 Å². The first-order chi connectivity index (χ1) is 16.7. The highest BCUT2D eigenvalue weighted by Gasteiger charge is 2.23. The number of rotatable bonds is 5. The van der Waals surface area contributed by atoms with Gasteiger partial charge in [-0.2, -0.15) is 0 Å². The topological polar surface area (TPSA) is 86.4 Å². The lowest BCUT2D eigenvalue weighted by Gasteiger charge is -2.37. The van der Waals surface area contributed by atoms with Crippen LogP contribution in [0.4, 0.5) is 21.6 Å². The molecule has 0 aliphatic carbocycles. The number of hydrogen-bond donors (Lipinski definition) is 3. The van der Waals surface area contributed by atoms with Gasteiger partial charge in [0.05, 0.1) is 22.0 Å². The van der Waals surface area contributed by atoms with Crippen molar-refractivity contribution in [2.75, 3.05) is 28.6 Å². The number of aromatic nitrogens is 1. The molecule has 2 aromatic carbocycles. The zero-order chi connectivity index (χ0) is 25.1. The minimum absolute atomic E-state index is 0.284. The summed E-state index contributed by atoms with van der Waals surface area (Å²) in [5.41, 5.74) is 2.15. The average molecular weight is 496 g/mol. The lowest BCUT2D eigenvalue weighted by Crippen LogP contribution is -2.54. The van der Waals surface area contributed by atoms with Gasteiger partial charge in [-0.1, -0.05) is 11.6 Å². The molecule has 0 spiro atoms. The maximum Gasteiger partial charge on any atom is 0.257 e. The van der Waals surface area contributed by atoms with Crippen LogP contribution in [0.15, 0.2) is 54.6 Å². The van der Waals surface area contributed by atoms with E-state index in [0.717, 1.165) is 18.9 Å². The van der Waals surface area contributed by atoms with Crippen LogP contribution in [0.3, 0.4) is 0 Å². The molecule has 1 aliphatic heterocycles. The second kappa shape index (κ2) is 10.4. The molecular weight excluding hydrogens is 469 g/mol. The summed E-state index contributed by atoms with van der Waals surface area (Å²) in [6.45, 7) is 7.78. The fourth-order valence-electron chi connectivity index (χ4n) is 4.17. The molecular formula is C26H27ClFN5O2. The fourth-order valence-corrected chi connectivity index (χ4v) is 4.34. The van der Waals surface area contributed by atoms with Gasteiger partial charge >= 0.3 is 0 Å². The molecule has 1 saturated heterocycles. The molecule has 2 amide bonds. The van der Waals surface area contributed by atoms with Crippen LogP contribution in [0.1, 0.15) is 40.3 Å². The molecule has 0 radical (unpaired) electrons. The van der Waals surface area contributed by atoms with Crippen molar-refractivity contribution in [1.29, 1.82) is 0 Å². The second-order valence-electron chi connectivity index (χ2n) is 8.79. The van der Waals surface area contributed by atoms with Crippen molar-refractivity contribution in [3.63, 3.8) is 0 Å². The number of nitrogens with one attached hydrogen (secondary N) is 3. The lowest BCUT2D eigenvalue weighted by molar-refractivity contribution is 0.101. The molecule has 2 unspecified atom stereocenters. The maximum atomic E-state index is 13.1. The van der Waals surface area contributed by atoms with Gasteiger partial charge in [-0.3, -0.25) is 9.59 Å². The zero-order valence-electron chi connectivity index (χ0n) is 19.7. The average Bonchev–Trinajstić information content (AvgIpc) is 2.81. The molecule has 35 heavy (non-hydrogen) atoms. The van der Waals surface area contributed by atoms with Gasteiger partial charge in [0.15, 0.2) is 0 Å². The summed E-state index contributed by atoms with van der Waals surface area (Å²) in [4.78, 5) is 32.3. The number of carbonyl (C=O) groups is 2. The van der Waals surface area contributed by atoms with E-state index in [-0.39, 0.29) is 11.5 Å². The molecule has 1 fully saturated rings. The maximum absolute atomic E-state index is 13.1. The van der Waals surface area contributed by atoms with Crippen molar-refractivity contribution < 1.29 is 14.0 Å². The Kier molecular flexibility index (Phi) is 7.33. The van der Waals surface area contributed by atoms with E-state index in [1.165, 1.54) is 24.3 Å². The third-order valence-corrected chi connectivity index (χ3v) is 6.11. The predicted molar refractivity (Wildman–Crippen MR) is 137 cm³/mol. The lowest BCUT2D eigenvalue weighted by atomic mass is 10.1. The van der Waals surface area contributed by atoms with Crippen LogP contribution in [0.25, 0.3) is 0 Å². The zero-order valence-corrected chi connectivity index (χ0v) is 20.5. The van der Waals surface area contributed by atoms with Crippen molar-refractivity contribution >= 4 is 40.6 Å². The monoisotopic (exact) mass is 495 g/mol. The van der Waals surface area contributed by atoms with Crippen LogP contribution >= 0.6 is 11.6 Å². The van der Waals surface area contributed by atoms with Gasteiger partial charge in [-0.25, -0.2) is 9.37 Å². The Hall–Kier alpha value is -3.49. The van der Waals surface area contributed by atoms with E-state index in [4.69, 9.17) is 11.6 Å². The number of benzene rings is 2. The molecule has 1 aromatic heterocycles. The molecule has 3 N–H and O–H groups in total. The third-order valence-electron chi connectivity index (χ3n) is 5.78. The molecule has 9 heteroatoms. The van der Waals surface area contributed by atoms with E-state index in [1.54, 1.807) is 24.3 Å². The summed E-state index contributed by atoms with van der Waals surface area (Å²) < 4.78 is 13.1. The third kappa shape index (κ3) is 5.96. The number of anilines is 3. The van der Waals surface area contributed by atoms with Crippen LogP contribution in [0.5, 0.6) is 0 Å². The molecule has 2 atom stereocenters. The number of carbonyl (C=O) groups excluding carboxylic acids is 2. The Labute approximate surface area is 208 Å². The van der Waals surface area contributed by atoms with Crippen molar-refractivity contribution in [2.24, 2.45) is 0 Å². The Balaban J connectivity index is 1.47. The Morgan fingerprint density at radius 2 is 1.69 bits per heavy atom. The Bertz CT molecular complexity index is 1240. The van der Waals surface area contributed by atoms with E-state index in [0.29, 0.717) is 39.7 Å². The van der Waals surface area contributed by atoms with Gasteiger partial charge in [0.1, 0.15) is 11.6 Å². The fraction of sp³-hybridized carbons (Fsp3) is 0.269. The summed E-state index contributed by atoms with van der Waals surface area (Å²) in [6, 6.07) is 14.3. The van der Waals surface area contributed by atoms with Gasteiger partial charge in [-0.05, 0) is 75.4 Å². The summed E-state index contributed by atoms with van der Waals surface area (Å²) in [6.07, 6.45) is 0. The summed E-state index contributed by atoms with van der Waals surface area (Å²) in [7, 11) is 0. The largest absolute Gasteiger partial charge is 0.354 e. The molecule has 7 nitrogen and oxygen atoms in total. The SMILES string of the molecule is Cc1nc(N2CC(C)NC(C)C2)ccc1C(=O)Nc1ccc(Cl)c(NC(=O)c2ccc(F)cc2)c1. The standard InChI is InChI=1S/C26H27ClFN5O2/c1-15-13-33(14-16(2)29-15)24-11-9-21(17(3)30-24)26(35)31-20-8-10-22(27)23(12-20)32-25(34)18-4-6-19(28)7-5-18/h4-12,15-16,29H,13-14H2,1-3H3,(H,31,35)(H,32,34). The smallest absolute Gasteiger partial charge is 0.257 e. The first kappa shape index (κ1) is 24.6. The predicted octanol–water partition coefficient (Wildman–Crippen LogP) is 4.87. The van der Waals surface area contributed by atoms with Crippen molar-refractivity contribution in [3.05, 3.63) is 82.3 Å². The van der Waals surface area contributed by atoms with E-state index in [9.17, 15) is 14.0 Å². The van der Waals surface area contributed by atoms with Crippen LogP contribution in [-0.4, -0.2) is 42.0 Å². The number of piperazine rings is 1. The van der Waals surface area contributed by atoms with Gasteiger partial charge in [0.2, 0.25) is 0 Å². The highest BCUT2D eigenvalue weighted by Crippen LogP contribution is 2.27. The molecule has 182 valence electrons. The Morgan fingerprint density at radius 3 is 2.34 bits per heavy atom. The number of pyridine rings is 1. The number of halogens is 2. The quantitative estimate of drug-likeness (QED) is 0.470. The summed E-state index contributed by atoms with van der Waals surface area (Å²) >= 11 is 6.24. The second-order valence-corrected chi connectivity index (χ2v) is 9.19. The minimum Gasteiger partial charge on any atom is -0.354 e. The summed E-state index contributed by atoms with van der Waals surface area (Å²) in [5, 5.41) is 9.34. The first-order valence-corrected chi connectivity index (χ1v) is 11.7. The first-order valence-electron chi connectivity index (χ1n) is 11.4. The van der Waals surface area contributed by atoms with E-state index >= 15 is 0 Å². The van der Waals surface area contributed by atoms with Crippen molar-refractivity contribution in [1.82, 2.24) is 10.3 Å². The highest BCUT2D eigenvalue weighted by atomic mass is 35.5. The molecule has 1 aliphatic rings. The van der Waals surface area contributed by atoms with E-state index in [2.05, 4.69) is 39.7 Å². The van der Waals surface area contributed by atoms with Gasteiger partial charge < -0.3 is 20.9 Å². The normalized spacial score (nSPS) is 17.7. The number of amides is 2. The highest BCUT2D eigenvalue weighted by molar-refractivity contribution is 6.34. The molecule has 2 heterocycles. The van der Waals surface area contributed by atoms with E-state index < -0.39 is 11.7 Å². The Morgan fingerprint density at radius 1 is 1.00 bits per heavy atom. The molecule has 0 bridgehead atoms. The van der Waals surface area contributed by atoms with Crippen LogP contribution < -0.4 is 20.9 Å². The van der Waals surface area contributed by atoms with Crippen LogP contribution in [-0.2, 0) is 0 Å². The van der Waals surface area contributed by atoms with E-state index in [1.807, 2.05) is 13.0 Å². The summed E-state index contributed by atoms with van der Waals surface area (Å²) in [5.74, 6) is -0.347. The van der Waals surface area contributed by atoms with Gasteiger partial charge in [0, 0.05) is 36.4 Å². The van der Waals surface area contributed by atoms with Crippen LogP contribution in [0, 0.1) is 12.7 Å². The van der Waals surface area contributed by atoms with Gasteiger partial charge in [0.25, 0.3) is 11.8 Å². The minimum atomic E-state index is -0.442. The molecule has 4 rings (SSSR count). The van der Waals surface area contributed by atoms with Crippen molar-refractivity contribution in [2.45, 2.75) is 32.9 Å². The number of hydrogen-bond acceptors (Lipinski definition) is 5. The van der Waals surface area contributed by atoms with Crippen LogP contribution in [0.2, 0.25) is 5.02 Å². The molecule has 3 aromatic rings. The molecule has 0 saturated carbocycles. The van der Waals surface area contributed by atoms with Crippen molar-refractivity contribution in [3.8, 4) is 0 Å².